The predicted octanol–water partition coefficient (Wildman–Crippen LogP) is 2.57. The number of hydrogen-bond donors (Lipinski definition) is 2. The molecule has 4 nitrogen and oxygen atoms in total. The average Bonchev–Trinajstić information content (AvgIpc) is 2.86. The van der Waals surface area contributed by atoms with Crippen LogP contribution in [0.25, 0.3) is 11.0 Å². The van der Waals surface area contributed by atoms with Crippen molar-refractivity contribution in [3.05, 3.63) is 63.0 Å². The number of nitrogens with one attached hydrogen (secondary N) is 2. The molecule has 6 heteroatoms. The molecule has 96 valence electrons. The van der Waals surface area contributed by atoms with Gasteiger partial charge in [0.1, 0.15) is 11.3 Å². The van der Waals surface area contributed by atoms with E-state index in [4.69, 9.17) is 12.2 Å². The SMILES string of the molecule is O=c1[nH]c(=S)n(Cc2ccccc2F)c2cc[nH]c12. The highest BCUT2D eigenvalue weighted by Crippen LogP contribution is 2.13. The van der Waals surface area contributed by atoms with E-state index in [-0.39, 0.29) is 22.7 Å². The standard InChI is InChI=1S/C13H10FN3OS/c14-9-4-2-1-3-8(9)7-17-10-5-6-15-11(10)12(18)16-13(17)19/h1-6,15H,7H2,(H,16,18,19). The Morgan fingerprint density at radius 1 is 1.26 bits per heavy atom. The van der Waals surface area contributed by atoms with Crippen LogP contribution in [0, 0.1) is 10.6 Å². The van der Waals surface area contributed by atoms with Gasteiger partial charge in [0.2, 0.25) is 0 Å². The van der Waals surface area contributed by atoms with E-state index >= 15 is 0 Å². The molecule has 2 N–H and O–H groups in total. The van der Waals surface area contributed by atoms with Gasteiger partial charge in [0.25, 0.3) is 5.56 Å². The van der Waals surface area contributed by atoms with Gasteiger partial charge in [0.05, 0.1) is 12.1 Å². The minimum absolute atomic E-state index is 0.269. The van der Waals surface area contributed by atoms with Gasteiger partial charge in [0.15, 0.2) is 4.77 Å². The van der Waals surface area contributed by atoms with Crippen molar-refractivity contribution < 1.29 is 4.39 Å². The first-order chi connectivity index (χ1) is 9.16. The summed E-state index contributed by atoms with van der Waals surface area (Å²) in [6, 6.07) is 8.25. The zero-order chi connectivity index (χ0) is 13.4. The van der Waals surface area contributed by atoms with Gasteiger partial charge >= 0.3 is 0 Å². The van der Waals surface area contributed by atoms with Gasteiger partial charge < -0.3 is 9.55 Å². The number of nitrogens with zero attached hydrogens (tertiary/aromatic N) is 1. The number of rotatable bonds is 2. The van der Waals surface area contributed by atoms with Crippen LogP contribution >= 0.6 is 12.2 Å². The van der Waals surface area contributed by atoms with Crippen LogP contribution in [0.5, 0.6) is 0 Å². The van der Waals surface area contributed by atoms with Crippen LogP contribution in [0.1, 0.15) is 5.56 Å². The Labute approximate surface area is 112 Å². The average molecular weight is 275 g/mol. The second kappa shape index (κ2) is 4.47. The maximum Gasteiger partial charge on any atom is 0.276 e. The quantitative estimate of drug-likeness (QED) is 0.706. The van der Waals surface area contributed by atoms with Gasteiger partial charge in [0, 0.05) is 11.8 Å². The van der Waals surface area contributed by atoms with Crippen molar-refractivity contribution in [1.29, 1.82) is 0 Å². The van der Waals surface area contributed by atoms with E-state index < -0.39 is 0 Å². The van der Waals surface area contributed by atoms with Crippen LogP contribution in [0.2, 0.25) is 0 Å². The molecule has 0 amide bonds. The molecular formula is C13H10FN3OS. The first-order valence-electron chi connectivity index (χ1n) is 5.70. The Morgan fingerprint density at radius 3 is 2.84 bits per heavy atom. The van der Waals surface area contributed by atoms with E-state index in [9.17, 15) is 9.18 Å². The fourth-order valence-electron chi connectivity index (χ4n) is 2.06. The number of halogens is 1. The Hall–Kier alpha value is -2.21. The summed E-state index contributed by atoms with van der Waals surface area (Å²) in [7, 11) is 0. The topological polar surface area (TPSA) is 53.6 Å². The summed E-state index contributed by atoms with van der Waals surface area (Å²) in [4.78, 5) is 17.1. The fraction of sp³-hybridized carbons (Fsp3) is 0.0769. The molecule has 0 radical (unpaired) electrons. The molecule has 3 rings (SSSR count). The van der Waals surface area contributed by atoms with Gasteiger partial charge in [-0.3, -0.25) is 9.78 Å². The third kappa shape index (κ3) is 2.00. The molecule has 0 bridgehead atoms. The van der Waals surface area contributed by atoms with Crippen LogP contribution in [-0.4, -0.2) is 14.5 Å². The Morgan fingerprint density at radius 2 is 2.05 bits per heavy atom. The summed E-state index contributed by atoms with van der Waals surface area (Å²) in [5.41, 5.74) is 1.35. The summed E-state index contributed by atoms with van der Waals surface area (Å²) in [5.74, 6) is -0.292. The highest BCUT2D eigenvalue weighted by atomic mass is 32.1. The van der Waals surface area contributed by atoms with Crippen LogP contribution < -0.4 is 5.56 Å². The zero-order valence-corrected chi connectivity index (χ0v) is 10.6. The second-order valence-corrected chi connectivity index (χ2v) is 4.56. The maximum absolute atomic E-state index is 13.7. The Bertz CT molecular complexity index is 862. The van der Waals surface area contributed by atoms with E-state index in [1.807, 2.05) is 0 Å². The third-order valence-corrected chi connectivity index (χ3v) is 3.32. The lowest BCUT2D eigenvalue weighted by molar-refractivity contribution is 0.599. The van der Waals surface area contributed by atoms with E-state index in [1.54, 1.807) is 35.0 Å². The van der Waals surface area contributed by atoms with Gasteiger partial charge in [-0.2, -0.15) is 0 Å². The van der Waals surface area contributed by atoms with Crippen molar-refractivity contribution in [3.63, 3.8) is 0 Å². The summed E-state index contributed by atoms with van der Waals surface area (Å²) in [6.45, 7) is 0.274. The largest absolute Gasteiger partial charge is 0.355 e. The number of benzene rings is 1. The summed E-state index contributed by atoms with van der Waals surface area (Å²) < 4.78 is 15.7. The normalized spacial score (nSPS) is 11.0. The number of aromatic nitrogens is 3. The second-order valence-electron chi connectivity index (χ2n) is 4.17. The molecule has 19 heavy (non-hydrogen) atoms. The smallest absolute Gasteiger partial charge is 0.276 e. The lowest BCUT2D eigenvalue weighted by atomic mass is 10.2. The van der Waals surface area contributed by atoms with Crippen molar-refractivity contribution in [3.8, 4) is 0 Å². The summed E-state index contributed by atoms with van der Waals surface area (Å²) >= 11 is 5.15. The lowest BCUT2D eigenvalue weighted by Gasteiger charge is -2.09. The van der Waals surface area contributed by atoms with E-state index in [0.29, 0.717) is 16.6 Å². The van der Waals surface area contributed by atoms with Gasteiger partial charge in [-0.1, -0.05) is 18.2 Å². The minimum atomic E-state index is -0.292. The van der Waals surface area contributed by atoms with Crippen LogP contribution in [0.15, 0.2) is 41.3 Å². The highest BCUT2D eigenvalue weighted by molar-refractivity contribution is 7.71. The number of fused-ring (bicyclic) bond motifs is 1. The Kier molecular flexibility index (Phi) is 2.79. The predicted molar refractivity (Wildman–Crippen MR) is 73.2 cm³/mol. The fourth-order valence-corrected chi connectivity index (χ4v) is 2.31. The van der Waals surface area contributed by atoms with Crippen LogP contribution in [0.3, 0.4) is 0 Å². The number of aromatic amines is 2. The monoisotopic (exact) mass is 275 g/mol. The molecule has 0 atom stereocenters. The third-order valence-electron chi connectivity index (χ3n) is 2.99. The minimum Gasteiger partial charge on any atom is -0.355 e. The van der Waals surface area contributed by atoms with Crippen LogP contribution in [0.4, 0.5) is 4.39 Å². The van der Waals surface area contributed by atoms with Crippen LogP contribution in [-0.2, 0) is 6.54 Å². The molecule has 3 aromatic rings. The molecule has 0 saturated carbocycles. The van der Waals surface area contributed by atoms with Crippen molar-refractivity contribution in [1.82, 2.24) is 14.5 Å². The molecule has 2 heterocycles. The molecule has 2 aromatic heterocycles. The molecule has 0 spiro atoms. The molecule has 0 aliphatic carbocycles. The maximum atomic E-state index is 13.7. The molecule has 0 aliphatic heterocycles. The van der Waals surface area contributed by atoms with Crippen molar-refractivity contribution in [2.45, 2.75) is 6.54 Å². The van der Waals surface area contributed by atoms with E-state index in [0.717, 1.165) is 0 Å². The highest BCUT2D eigenvalue weighted by Gasteiger charge is 2.08. The number of H-pyrrole nitrogens is 2. The van der Waals surface area contributed by atoms with Gasteiger partial charge in [-0.15, -0.1) is 0 Å². The van der Waals surface area contributed by atoms with Gasteiger partial charge in [-0.05, 0) is 24.4 Å². The van der Waals surface area contributed by atoms with Gasteiger partial charge in [-0.25, -0.2) is 4.39 Å². The van der Waals surface area contributed by atoms with E-state index in [1.165, 1.54) is 6.07 Å². The summed E-state index contributed by atoms with van der Waals surface area (Å²) in [6.07, 6.45) is 1.66. The Balaban J connectivity index is 2.21. The molecule has 0 fully saturated rings. The van der Waals surface area contributed by atoms with Crippen molar-refractivity contribution in [2.75, 3.05) is 0 Å². The molecule has 0 saturated heterocycles. The lowest BCUT2D eigenvalue weighted by Crippen LogP contribution is -2.15. The molecular weight excluding hydrogens is 265 g/mol. The first kappa shape index (κ1) is 11.9. The van der Waals surface area contributed by atoms with E-state index in [2.05, 4.69) is 9.97 Å². The first-order valence-corrected chi connectivity index (χ1v) is 6.11. The molecule has 0 unspecified atom stereocenters. The van der Waals surface area contributed by atoms with Crippen molar-refractivity contribution >= 4 is 23.3 Å². The zero-order valence-electron chi connectivity index (χ0n) is 9.81. The molecule has 1 aromatic carbocycles. The summed E-state index contributed by atoms with van der Waals surface area (Å²) in [5, 5.41) is 0. The van der Waals surface area contributed by atoms with Crippen molar-refractivity contribution in [2.24, 2.45) is 0 Å². The number of hydrogen-bond acceptors (Lipinski definition) is 2. The molecule has 0 aliphatic rings.